The summed E-state index contributed by atoms with van der Waals surface area (Å²) in [5.74, 6) is -0.0831. The molecular weight excluding hydrogens is 366 g/mol. The monoisotopic (exact) mass is 373 g/mol. The van der Waals surface area contributed by atoms with E-state index in [-0.39, 0.29) is 5.91 Å². The summed E-state index contributed by atoms with van der Waals surface area (Å²) < 4.78 is 0.830. The van der Waals surface area contributed by atoms with Gasteiger partial charge in [0.2, 0.25) is 0 Å². The Morgan fingerprint density at radius 3 is 2.71 bits per heavy atom. The van der Waals surface area contributed by atoms with Crippen LogP contribution in [-0.2, 0) is 5.33 Å². The smallest absolute Gasteiger partial charge is 0.266 e. The zero-order valence-corrected chi connectivity index (χ0v) is 12.7. The van der Waals surface area contributed by atoms with Crippen LogP contribution in [0.25, 0.3) is 0 Å². The lowest BCUT2D eigenvalue weighted by Gasteiger charge is -2.08. The molecule has 0 bridgehead atoms. The van der Waals surface area contributed by atoms with Gasteiger partial charge in [-0.25, -0.2) is 0 Å². The van der Waals surface area contributed by atoms with Gasteiger partial charge in [-0.2, -0.15) is 0 Å². The number of carbonyl (C=O) groups excluding carboxylic acids is 1. The number of nitrogens with one attached hydrogen (secondary N) is 1. The van der Waals surface area contributed by atoms with Crippen molar-refractivity contribution in [1.82, 2.24) is 0 Å². The van der Waals surface area contributed by atoms with Crippen LogP contribution >= 0.6 is 43.2 Å². The van der Waals surface area contributed by atoms with Gasteiger partial charge in [0.05, 0.1) is 0 Å². The van der Waals surface area contributed by atoms with Gasteiger partial charge in [-0.3, -0.25) is 4.79 Å². The Hall–Kier alpha value is -0.650. The zero-order valence-electron chi connectivity index (χ0n) is 8.74. The summed E-state index contributed by atoms with van der Waals surface area (Å²) in [6.45, 7) is 0. The van der Waals surface area contributed by atoms with E-state index < -0.39 is 0 Å². The van der Waals surface area contributed by atoms with Crippen molar-refractivity contribution in [2.24, 2.45) is 0 Å². The molecule has 1 amide bonds. The zero-order chi connectivity index (χ0) is 12.3. The molecule has 0 aliphatic carbocycles. The summed E-state index contributed by atoms with van der Waals surface area (Å²) >= 11 is 8.18. The fourth-order valence-corrected chi connectivity index (χ4v) is 3.33. The van der Waals surface area contributed by atoms with Gasteiger partial charge in [0.15, 0.2) is 0 Å². The third-order valence-electron chi connectivity index (χ3n) is 2.23. The first-order chi connectivity index (χ1) is 8.22. The van der Waals surface area contributed by atoms with Crippen LogP contribution in [0, 0.1) is 0 Å². The highest BCUT2D eigenvalue weighted by Gasteiger charge is 2.12. The summed E-state index contributed by atoms with van der Waals surface area (Å²) in [7, 11) is 0. The number of halogens is 2. The van der Waals surface area contributed by atoms with Gasteiger partial charge in [0, 0.05) is 15.5 Å². The Balaban J connectivity index is 2.22. The number of anilines is 1. The lowest BCUT2D eigenvalue weighted by molar-refractivity contribution is 0.103. The van der Waals surface area contributed by atoms with E-state index >= 15 is 0 Å². The van der Waals surface area contributed by atoms with Crippen LogP contribution in [0.3, 0.4) is 0 Å². The van der Waals surface area contributed by atoms with E-state index in [1.165, 1.54) is 11.3 Å². The molecule has 1 aromatic heterocycles. The van der Waals surface area contributed by atoms with Crippen LogP contribution in [-0.4, -0.2) is 5.91 Å². The van der Waals surface area contributed by atoms with Crippen molar-refractivity contribution in [3.05, 3.63) is 50.6 Å². The molecule has 0 aliphatic rings. The summed E-state index contributed by atoms with van der Waals surface area (Å²) in [4.78, 5) is 12.7. The molecule has 0 atom stereocenters. The maximum absolute atomic E-state index is 12.0. The van der Waals surface area contributed by atoms with Crippen LogP contribution < -0.4 is 5.32 Å². The van der Waals surface area contributed by atoms with Crippen molar-refractivity contribution in [3.8, 4) is 0 Å². The standard InChI is InChI=1S/C12H9Br2NOS/c13-7-8-3-1-2-4-10(8)15-12(16)11-9(14)5-6-17-11/h1-6H,7H2,(H,15,16). The summed E-state index contributed by atoms with van der Waals surface area (Å²) in [6.07, 6.45) is 0. The second kappa shape index (κ2) is 5.80. The summed E-state index contributed by atoms with van der Waals surface area (Å²) in [6, 6.07) is 9.61. The van der Waals surface area contributed by atoms with Crippen molar-refractivity contribution in [2.45, 2.75) is 5.33 Å². The number of para-hydroxylation sites is 1. The van der Waals surface area contributed by atoms with Crippen molar-refractivity contribution < 1.29 is 4.79 Å². The normalized spacial score (nSPS) is 10.2. The number of benzene rings is 1. The van der Waals surface area contributed by atoms with Crippen LogP contribution in [0.15, 0.2) is 40.2 Å². The highest BCUT2D eigenvalue weighted by Crippen LogP contribution is 2.25. The van der Waals surface area contributed by atoms with Crippen LogP contribution in [0.2, 0.25) is 0 Å². The molecule has 0 unspecified atom stereocenters. The average molecular weight is 375 g/mol. The number of hydrogen-bond acceptors (Lipinski definition) is 2. The van der Waals surface area contributed by atoms with Gasteiger partial charge >= 0.3 is 0 Å². The second-order valence-electron chi connectivity index (χ2n) is 3.34. The maximum Gasteiger partial charge on any atom is 0.266 e. The molecule has 88 valence electrons. The first-order valence-electron chi connectivity index (χ1n) is 4.90. The van der Waals surface area contributed by atoms with Crippen molar-refractivity contribution >= 4 is 54.8 Å². The SMILES string of the molecule is O=C(Nc1ccccc1CBr)c1sccc1Br. The molecule has 2 rings (SSSR count). The van der Waals surface area contributed by atoms with Gasteiger partial charge in [0.1, 0.15) is 4.88 Å². The quantitative estimate of drug-likeness (QED) is 0.778. The number of thiophene rings is 1. The molecule has 1 N–H and O–H groups in total. The van der Waals surface area contributed by atoms with Crippen molar-refractivity contribution in [3.63, 3.8) is 0 Å². The fourth-order valence-electron chi connectivity index (χ4n) is 1.39. The molecule has 17 heavy (non-hydrogen) atoms. The Morgan fingerprint density at radius 2 is 2.06 bits per heavy atom. The van der Waals surface area contributed by atoms with Crippen LogP contribution in [0.1, 0.15) is 15.2 Å². The first-order valence-corrected chi connectivity index (χ1v) is 7.70. The van der Waals surface area contributed by atoms with Crippen LogP contribution in [0.5, 0.6) is 0 Å². The Labute approximate surface area is 120 Å². The van der Waals surface area contributed by atoms with Crippen molar-refractivity contribution in [1.29, 1.82) is 0 Å². The number of hydrogen-bond donors (Lipinski definition) is 1. The highest BCUT2D eigenvalue weighted by atomic mass is 79.9. The Morgan fingerprint density at radius 1 is 1.29 bits per heavy atom. The predicted molar refractivity (Wildman–Crippen MR) is 79.0 cm³/mol. The fraction of sp³-hybridized carbons (Fsp3) is 0.0833. The Bertz CT molecular complexity index is 539. The van der Waals surface area contributed by atoms with Gasteiger partial charge in [-0.05, 0) is 39.0 Å². The largest absolute Gasteiger partial charge is 0.321 e. The highest BCUT2D eigenvalue weighted by molar-refractivity contribution is 9.10. The lowest BCUT2D eigenvalue weighted by Crippen LogP contribution is -2.11. The number of amides is 1. The molecular formula is C12H9Br2NOS. The van der Waals surface area contributed by atoms with Crippen molar-refractivity contribution in [2.75, 3.05) is 5.32 Å². The molecule has 0 saturated carbocycles. The minimum absolute atomic E-state index is 0.0831. The average Bonchev–Trinajstić information content (AvgIpc) is 2.76. The molecule has 0 spiro atoms. The minimum Gasteiger partial charge on any atom is -0.321 e. The van der Waals surface area contributed by atoms with Gasteiger partial charge in [0.25, 0.3) is 5.91 Å². The molecule has 0 fully saturated rings. The van der Waals surface area contributed by atoms with E-state index in [2.05, 4.69) is 37.2 Å². The maximum atomic E-state index is 12.0. The third-order valence-corrected chi connectivity index (χ3v) is 4.67. The van der Waals surface area contributed by atoms with E-state index in [0.29, 0.717) is 4.88 Å². The van der Waals surface area contributed by atoms with Gasteiger partial charge in [-0.15, -0.1) is 11.3 Å². The van der Waals surface area contributed by atoms with E-state index in [1.807, 2.05) is 35.7 Å². The predicted octanol–water partition coefficient (Wildman–Crippen LogP) is 4.66. The molecule has 5 heteroatoms. The Kier molecular flexibility index (Phi) is 4.36. The minimum atomic E-state index is -0.0831. The van der Waals surface area contributed by atoms with E-state index in [4.69, 9.17) is 0 Å². The lowest BCUT2D eigenvalue weighted by atomic mass is 10.2. The van der Waals surface area contributed by atoms with Gasteiger partial charge in [-0.1, -0.05) is 34.1 Å². The number of carbonyl (C=O) groups is 1. The molecule has 0 aliphatic heterocycles. The first kappa shape index (κ1) is 12.8. The van der Waals surface area contributed by atoms with E-state index in [9.17, 15) is 4.79 Å². The topological polar surface area (TPSA) is 29.1 Å². The van der Waals surface area contributed by atoms with E-state index in [0.717, 1.165) is 21.1 Å². The molecule has 2 aromatic rings. The molecule has 0 radical (unpaired) electrons. The van der Waals surface area contributed by atoms with Gasteiger partial charge < -0.3 is 5.32 Å². The third kappa shape index (κ3) is 2.97. The molecule has 2 nitrogen and oxygen atoms in total. The van der Waals surface area contributed by atoms with E-state index in [1.54, 1.807) is 0 Å². The number of rotatable bonds is 3. The molecule has 1 aromatic carbocycles. The molecule has 0 saturated heterocycles. The second-order valence-corrected chi connectivity index (χ2v) is 5.67. The summed E-state index contributed by atoms with van der Waals surface area (Å²) in [5.41, 5.74) is 1.91. The number of alkyl halides is 1. The summed E-state index contributed by atoms with van der Waals surface area (Å²) in [5, 5.41) is 5.52. The van der Waals surface area contributed by atoms with Crippen LogP contribution in [0.4, 0.5) is 5.69 Å². The molecule has 1 heterocycles.